The van der Waals surface area contributed by atoms with Crippen molar-refractivity contribution in [3.63, 3.8) is 0 Å². The highest BCUT2D eigenvalue weighted by atomic mass is 35.5. The summed E-state index contributed by atoms with van der Waals surface area (Å²) in [5, 5.41) is 6.28. The van der Waals surface area contributed by atoms with Crippen LogP contribution < -0.4 is 10.6 Å². The maximum atomic E-state index is 13.0. The number of benzene rings is 2. The minimum absolute atomic E-state index is 0.217. The van der Waals surface area contributed by atoms with Gasteiger partial charge in [0, 0.05) is 5.69 Å². The fraction of sp³-hybridized carbons (Fsp3) is 0.125. The van der Waals surface area contributed by atoms with Crippen LogP contribution in [0.15, 0.2) is 42.5 Å². The second-order valence-corrected chi connectivity index (χ2v) is 5.32. The normalized spacial score (nSPS) is 10.0. The molecule has 0 bridgehead atoms. The summed E-state index contributed by atoms with van der Waals surface area (Å²) in [5.74, 6) is -0.835. The number of hydrogen-bond acceptors (Lipinski definition) is 3. The summed E-state index contributed by atoms with van der Waals surface area (Å²) >= 11 is 11.1. The summed E-state index contributed by atoms with van der Waals surface area (Å²) in [7, 11) is 0. The van der Waals surface area contributed by atoms with Crippen molar-refractivity contribution in [1.29, 1.82) is 0 Å². The number of ether oxygens (including phenoxy) is 1. The Hall–Kier alpha value is -2.18. The molecular formula is C16H14ClFN2O2S. The number of nitrogens with one attached hydrogen (secondary N) is 2. The first-order valence-corrected chi connectivity index (χ1v) is 7.58. The van der Waals surface area contributed by atoms with Crippen molar-refractivity contribution in [2.75, 3.05) is 17.2 Å². The molecule has 0 spiro atoms. The van der Waals surface area contributed by atoms with Crippen LogP contribution in [0.4, 0.5) is 15.8 Å². The Labute approximate surface area is 143 Å². The van der Waals surface area contributed by atoms with Gasteiger partial charge in [-0.2, -0.15) is 0 Å². The number of anilines is 2. The lowest BCUT2D eigenvalue weighted by molar-refractivity contribution is 0.0526. The van der Waals surface area contributed by atoms with E-state index in [2.05, 4.69) is 10.6 Å². The Morgan fingerprint density at radius 2 is 2.04 bits per heavy atom. The van der Waals surface area contributed by atoms with Gasteiger partial charge in [0.25, 0.3) is 0 Å². The molecule has 0 aliphatic rings. The molecular weight excluding hydrogens is 339 g/mol. The largest absolute Gasteiger partial charge is 0.462 e. The van der Waals surface area contributed by atoms with Crippen molar-refractivity contribution < 1.29 is 13.9 Å². The Balaban J connectivity index is 2.05. The van der Waals surface area contributed by atoms with E-state index in [-0.39, 0.29) is 10.1 Å². The number of carbonyl (C=O) groups excluding carboxylic acids is 1. The van der Waals surface area contributed by atoms with Crippen LogP contribution in [0.3, 0.4) is 0 Å². The predicted molar refractivity (Wildman–Crippen MR) is 93.7 cm³/mol. The van der Waals surface area contributed by atoms with Crippen LogP contribution in [0.2, 0.25) is 5.02 Å². The Bertz CT molecular complexity index is 740. The summed E-state index contributed by atoms with van der Waals surface area (Å²) in [5.41, 5.74) is 1.51. The molecule has 2 aromatic carbocycles. The van der Waals surface area contributed by atoms with Crippen LogP contribution in [0.1, 0.15) is 17.3 Å². The van der Waals surface area contributed by atoms with Gasteiger partial charge < -0.3 is 15.4 Å². The van der Waals surface area contributed by atoms with Crippen LogP contribution in [0, 0.1) is 5.82 Å². The lowest BCUT2D eigenvalue weighted by Crippen LogP contribution is -2.19. The highest BCUT2D eigenvalue weighted by Gasteiger charge is 2.08. The fourth-order valence-corrected chi connectivity index (χ4v) is 2.26. The molecule has 2 N–H and O–H groups in total. The predicted octanol–water partition coefficient (Wildman–Crippen LogP) is 4.46. The summed E-state index contributed by atoms with van der Waals surface area (Å²) in [6, 6.07) is 10.7. The second kappa shape index (κ2) is 7.89. The summed E-state index contributed by atoms with van der Waals surface area (Å²) < 4.78 is 18.0. The third kappa shape index (κ3) is 4.91. The molecule has 0 amide bonds. The van der Waals surface area contributed by atoms with Gasteiger partial charge in [0.1, 0.15) is 5.82 Å². The summed E-state index contributed by atoms with van der Waals surface area (Å²) in [6.07, 6.45) is 0. The molecule has 0 radical (unpaired) electrons. The third-order valence-electron chi connectivity index (χ3n) is 2.81. The number of rotatable bonds is 4. The van der Waals surface area contributed by atoms with Gasteiger partial charge in [-0.1, -0.05) is 17.7 Å². The molecule has 23 heavy (non-hydrogen) atoms. The van der Waals surface area contributed by atoms with Crippen molar-refractivity contribution in [3.05, 3.63) is 58.9 Å². The molecule has 2 aromatic rings. The van der Waals surface area contributed by atoms with E-state index < -0.39 is 11.8 Å². The highest BCUT2D eigenvalue weighted by molar-refractivity contribution is 7.80. The molecule has 4 nitrogen and oxygen atoms in total. The fourth-order valence-electron chi connectivity index (χ4n) is 1.81. The highest BCUT2D eigenvalue weighted by Crippen LogP contribution is 2.22. The minimum atomic E-state index is -0.429. The number of halogens is 2. The van der Waals surface area contributed by atoms with E-state index in [4.69, 9.17) is 28.6 Å². The zero-order chi connectivity index (χ0) is 16.8. The molecule has 0 aromatic heterocycles. The van der Waals surface area contributed by atoms with E-state index in [1.165, 1.54) is 18.2 Å². The van der Waals surface area contributed by atoms with Gasteiger partial charge in [0.05, 0.1) is 22.9 Å². The molecule has 0 aliphatic heterocycles. The van der Waals surface area contributed by atoms with Gasteiger partial charge in [-0.25, -0.2) is 9.18 Å². The molecule has 120 valence electrons. The van der Waals surface area contributed by atoms with E-state index in [9.17, 15) is 9.18 Å². The first-order valence-electron chi connectivity index (χ1n) is 6.80. The van der Waals surface area contributed by atoms with Gasteiger partial charge in [0.15, 0.2) is 5.11 Å². The topological polar surface area (TPSA) is 50.4 Å². The lowest BCUT2D eigenvalue weighted by atomic mass is 10.2. The van der Waals surface area contributed by atoms with Crippen molar-refractivity contribution in [2.45, 2.75) is 6.92 Å². The summed E-state index contributed by atoms with van der Waals surface area (Å²) in [4.78, 5) is 11.7. The Morgan fingerprint density at radius 3 is 2.74 bits per heavy atom. The van der Waals surface area contributed by atoms with E-state index in [1.54, 1.807) is 31.2 Å². The van der Waals surface area contributed by atoms with Crippen LogP contribution >= 0.6 is 23.8 Å². The zero-order valence-corrected chi connectivity index (χ0v) is 13.8. The van der Waals surface area contributed by atoms with Crippen LogP contribution in [0.25, 0.3) is 0 Å². The maximum Gasteiger partial charge on any atom is 0.338 e. The van der Waals surface area contributed by atoms with Gasteiger partial charge in [0.2, 0.25) is 0 Å². The third-order valence-corrected chi connectivity index (χ3v) is 3.33. The molecule has 2 rings (SSSR count). The molecule has 0 aliphatic carbocycles. The smallest absolute Gasteiger partial charge is 0.338 e. The number of hydrogen-bond donors (Lipinski definition) is 2. The van der Waals surface area contributed by atoms with Crippen LogP contribution in [-0.4, -0.2) is 17.7 Å². The van der Waals surface area contributed by atoms with Crippen molar-refractivity contribution in [2.24, 2.45) is 0 Å². The van der Waals surface area contributed by atoms with Crippen molar-refractivity contribution in [3.8, 4) is 0 Å². The average molecular weight is 353 g/mol. The van der Waals surface area contributed by atoms with Gasteiger partial charge in [-0.3, -0.25) is 0 Å². The molecule has 0 saturated heterocycles. The molecule has 0 saturated carbocycles. The minimum Gasteiger partial charge on any atom is -0.462 e. The van der Waals surface area contributed by atoms with Gasteiger partial charge in [-0.15, -0.1) is 0 Å². The van der Waals surface area contributed by atoms with E-state index in [1.807, 2.05) is 0 Å². The second-order valence-electron chi connectivity index (χ2n) is 4.50. The monoisotopic (exact) mass is 352 g/mol. The quantitative estimate of drug-likeness (QED) is 0.628. The molecule has 0 unspecified atom stereocenters. The molecule has 0 fully saturated rings. The van der Waals surface area contributed by atoms with Crippen molar-refractivity contribution >= 4 is 46.3 Å². The first kappa shape index (κ1) is 17.2. The molecule has 0 atom stereocenters. The average Bonchev–Trinajstić information content (AvgIpc) is 2.50. The summed E-state index contributed by atoms with van der Waals surface area (Å²) in [6.45, 7) is 2.05. The SMILES string of the molecule is CCOC(=O)c1cccc(NC(=S)Nc2ccc(F)cc2Cl)c1. The maximum absolute atomic E-state index is 13.0. The van der Waals surface area contributed by atoms with Gasteiger partial charge in [-0.05, 0) is 55.5 Å². The number of carbonyl (C=O) groups is 1. The standard InChI is InChI=1S/C16H14ClFN2O2S/c1-2-22-15(21)10-4-3-5-12(8-10)19-16(23)20-14-7-6-11(18)9-13(14)17/h3-9H,2H2,1H3,(H2,19,20,23). The first-order chi connectivity index (χ1) is 11.0. The molecule has 7 heteroatoms. The molecule has 0 heterocycles. The van der Waals surface area contributed by atoms with E-state index >= 15 is 0 Å². The van der Waals surface area contributed by atoms with Crippen LogP contribution in [0.5, 0.6) is 0 Å². The van der Waals surface area contributed by atoms with Gasteiger partial charge >= 0.3 is 5.97 Å². The van der Waals surface area contributed by atoms with Crippen LogP contribution in [-0.2, 0) is 4.74 Å². The zero-order valence-electron chi connectivity index (χ0n) is 12.2. The Morgan fingerprint density at radius 1 is 1.26 bits per heavy atom. The van der Waals surface area contributed by atoms with E-state index in [0.717, 1.165) is 0 Å². The number of thiocarbonyl (C=S) groups is 1. The lowest BCUT2D eigenvalue weighted by Gasteiger charge is -2.12. The number of esters is 1. The van der Waals surface area contributed by atoms with Crippen molar-refractivity contribution in [1.82, 2.24) is 0 Å². The Kier molecular flexibility index (Phi) is 5.90. The van der Waals surface area contributed by atoms with E-state index in [0.29, 0.717) is 23.5 Å².